The van der Waals surface area contributed by atoms with Crippen molar-refractivity contribution in [3.05, 3.63) is 66.4 Å². The molecule has 0 aliphatic carbocycles. The zero-order chi connectivity index (χ0) is 13.5. The maximum atomic E-state index is 5.84. The van der Waals surface area contributed by atoms with Crippen LogP contribution in [0.5, 0.6) is 0 Å². The third-order valence-corrected chi connectivity index (χ3v) is 3.58. The van der Waals surface area contributed by atoms with Gasteiger partial charge in [0, 0.05) is 22.5 Å². The Labute approximate surface area is 116 Å². The number of fused-ring (bicyclic) bond motifs is 3. The van der Waals surface area contributed by atoms with Gasteiger partial charge in [-0.15, -0.1) is 0 Å². The third-order valence-electron chi connectivity index (χ3n) is 3.58. The highest BCUT2D eigenvalue weighted by Gasteiger charge is 2.08. The lowest BCUT2D eigenvalue weighted by molar-refractivity contribution is 0.669. The predicted molar refractivity (Wildman–Crippen MR) is 81.7 cm³/mol. The number of aryl methyl sites for hydroxylation is 1. The minimum Gasteiger partial charge on any atom is -0.456 e. The Balaban J connectivity index is 1.97. The van der Waals surface area contributed by atoms with Gasteiger partial charge in [0.1, 0.15) is 11.2 Å². The number of furan rings is 1. The van der Waals surface area contributed by atoms with Crippen LogP contribution >= 0.6 is 0 Å². The first-order valence-corrected chi connectivity index (χ1v) is 6.65. The molecule has 2 aromatic heterocycles. The molecule has 0 radical (unpaired) electrons. The average molecular weight is 259 g/mol. The first kappa shape index (κ1) is 11.2. The summed E-state index contributed by atoms with van der Waals surface area (Å²) in [5.41, 5.74) is 5.12. The summed E-state index contributed by atoms with van der Waals surface area (Å²) in [6, 6.07) is 18.5. The van der Waals surface area contributed by atoms with Crippen LogP contribution in [0.25, 0.3) is 33.2 Å². The van der Waals surface area contributed by atoms with E-state index in [4.69, 9.17) is 4.42 Å². The van der Waals surface area contributed by atoms with Gasteiger partial charge in [0.05, 0.1) is 5.69 Å². The summed E-state index contributed by atoms with van der Waals surface area (Å²) in [6.07, 6.45) is 1.90. The number of hydrogen-bond donors (Lipinski definition) is 0. The van der Waals surface area contributed by atoms with Crippen molar-refractivity contribution in [1.29, 1.82) is 0 Å². The summed E-state index contributed by atoms with van der Waals surface area (Å²) in [5, 5.41) is 2.29. The number of aromatic nitrogens is 1. The summed E-state index contributed by atoms with van der Waals surface area (Å²) in [6.45, 7) is 2.05. The molecule has 4 aromatic rings. The first-order chi connectivity index (χ1) is 9.81. The zero-order valence-electron chi connectivity index (χ0n) is 11.1. The number of para-hydroxylation sites is 1. The van der Waals surface area contributed by atoms with E-state index in [2.05, 4.69) is 35.3 Å². The largest absolute Gasteiger partial charge is 0.456 e. The topological polar surface area (TPSA) is 26.0 Å². The Morgan fingerprint density at radius 1 is 0.850 bits per heavy atom. The number of nitrogens with zero attached hydrogens (tertiary/aromatic N) is 1. The van der Waals surface area contributed by atoms with Crippen molar-refractivity contribution in [2.45, 2.75) is 6.92 Å². The number of pyridine rings is 1. The molecule has 0 aliphatic heterocycles. The smallest absolute Gasteiger partial charge is 0.135 e. The standard InChI is InChI=1S/C18H13NO/c1-12-6-8-16(19-11-12)13-7-9-18-15(10-13)14-4-2-3-5-17(14)20-18/h2-11H,1H3. The highest BCUT2D eigenvalue weighted by Crippen LogP contribution is 2.31. The lowest BCUT2D eigenvalue weighted by Crippen LogP contribution is -1.83. The summed E-state index contributed by atoms with van der Waals surface area (Å²) < 4.78 is 5.84. The predicted octanol–water partition coefficient (Wildman–Crippen LogP) is 4.96. The SMILES string of the molecule is Cc1ccc(-c2ccc3oc4ccccc4c3c2)nc1. The number of benzene rings is 2. The van der Waals surface area contributed by atoms with E-state index in [0.717, 1.165) is 33.2 Å². The Morgan fingerprint density at radius 2 is 1.70 bits per heavy atom. The van der Waals surface area contributed by atoms with Gasteiger partial charge in [-0.3, -0.25) is 4.98 Å². The van der Waals surface area contributed by atoms with Gasteiger partial charge in [0.15, 0.2) is 0 Å². The number of hydrogen-bond acceptors (Lipinski definition) is 2. The molecule has 96 valence electrons. The van der Waals surface area contributed by atoms with E-state index in [1.807, 2.05) is 37.4 Å². The van der Waals surface area contributed by atoms with Gasteiger partial charge in [0.25, 0.3) is 0 Å². The second-order valence-electron chi connectivity index (χ2n) is 5.03. The molecular formula is C18H13NO. The van der Waals surface area contributed by atoms with E-state index in [9.17, 15) is 0 Å². The highest BCUT2D eigenvalue weighted by atomic mass is 16.3. The van der Waals surface area contributed by atoms with E-state index in [1.54, 1.807) is 0 Å². The molecule has 0 fully saturated rings. The fourth-order valence-electron chi connectivity index (χ4n) is 2.52. The normalized spacial score (nSPS) is 11.2. The molecule has 0 aliphatic rings. The minimum atomic E-state index is 0.919. The molecule has 0 amide bonds. The van der Waals surface area contributed by atoms with Crippen LogP contribution in [-0.4, -0.2) is 4.98 Å². The molecule has 0 spiro atoms. The van der Waals surface area contributed by atoms with Crippen LogP contribution in [0.15, 0.2) is 65.2 Å². The summed E-state index contributed by atoms with van der Waals surface area (Å²) in [7, 11) is 0. The van der Waals surface area contributed by atoms with Gasteiger partial charge < -0.3 is 4.42 Å². The van der Waals surface area contributed by atoms with Gasteiger partial charge in [-0.1, -0.05) is 24.3 Å². The molecule has 0 saturated heterocycles. The van der Waals surface area contributed by atoms with Crippen LogP contribution in [0.4, 0.5) is 0 Å². The van der Waals surface area contributed by atoms with Crippen molar-refractivity contribution in [2.24, 2.45) is 0 Å². The molecule has 2 aromatic carbocycles. The van der Waals surface area contributed by atoms with Gasteiger partial charge in [-0.2, -0.15) is 0 Å². The van der Waals surface area contributed by atoms with Gasteiger partial charge in [-0.05, 0) is 42.8 Å². The minimum absolute atomic E-state index is 0.919. The van der Waals surface area contributed by atoms with Crippen molar-refractivity contribution in [3.8, 4) is 11.3 Å². The Hall–Kier alpha value is -2.61. The van der Waals surface area contributed by atoms with Gasteiger partial charge in [-0.25, -0.2) is 0 Å². The lowest BCUT2D eigenvalue weighted by Gasteiger charge is -2.01. The molecule has 4 rings (SSSR count). The van der Waals surface area contributed by atoms with Crippen LogP contribution < -0.4 is 0 Å². The quantitative estimate of drug-likeness (QED) is 0.483. The Kier molecular flexibility index (Phi) is 2.36. The summed E-state index contributed by atoms with van der Waals surface area (Å²) >= 11 is 0. The molecule has 2 heterocycles. The van der Waals surface area contributed by atoms with E-state index < -0.39 is 0 Å². The fraction of sp³-hybridized carbons (Fsp3) is 0.0556. The second-order valence-corrected chi connectivity index (χ2v) is 5.03. The monoisotopic (exact) mass is 259 g/mol. The van der Waals surface area contributed by atoms with Crippen LogP contribution in [0.2, 0.25) is 0 Å². The second kappa shape index (κ2) is 4.20. The molecule has 0 atom stereocenters. The molecule has 20 heavy (non-hydrogen) atoms. The molecule has 0 bridgehead atoms. The molecule has 0 saturated carbocycles. The van der Waals surface area contributed by atoms with Crippen LogP contribution in [0.1, 0.15) is 5.56 Å². The molecule has 0 N–H and O–H groups in total. The van der Waals surface area contributed by atoms with Crippen molar-refractivity contribution >= 4 is 21.9 Å². The third kappa shape index (κ3) is 1.69. The maximum absolute atomic E-state index is 5.84. The summed E-state index contributed by atoms with van der Waals surface area (Å²) in [5.74, 6) is 0. The van der Waals surface area contributed by atoms with E-state index >= 15 is 0 Å². The van der Waals surface area contributed by atoms with Crippen molar-refractivity contribution in [1.82, 2.24) is 4.98 Å². The van der Waals surface area contributed by atoms with Crippen molar-refractivity contribution in [3.63, 3.8) is 0 Å². The highest BCUT2D eigenvalue weighted by molar-refractivity contribution is 6.06. The molecule has 2 heteroatoms. The first-order valence-electron chi connectivity index (χ1n) is 6.65. The summed E-state index contributed by atoms with van der Waals surface area (Å²) in [4.78, 5) is 4.49. The van der Waals surface area contributed by atoms with E-state index in [-0.39, 0.29) is 0 Å². The van der Waals surface area contributed by atoms with Crippen LogP contribution in [0, 0.1) is 6.92 Å². The van der Waals surface area contributed by atoms with Crippen molar-refractivity contribution < 1.29 is 4.42 Å². The molecule has 0 unspecified atom stereocenters. The zero-order valence-corrected chi connectivity index (χ0v) is 11.1. The van der Waals surface area contributed by atoms with Crippen LogP contribution in [-0.2, 0) is 0 Å². The Bertz CT molecular complexity index is 904. The van der Waals surface area contributed by atoms with Gasteiger partial charge >= 0.3 is 0 Å². The lowest BCUT2D eigenvalue weighted by atomic mass is 10.1. The van der Waals surface area contributed by atoms with Crippen molar-refractivity contribution in [2.75, 3.05) is 0 Å². The van der Waals surface area contributed by atoms with Crippen LogP contribution in [0.3, 0.4) is 0 Å². The Morgan fingerprint density at radius 3 is 2.55 bits per heavy atom. The number of rotatable bonds is 1. The van der Waals surface area contributed by atoms with E-state index in [1.165, 1.54) is 5.56 Å². The fourth-order valence-corrected chi connectivity index (χ4v) is 2.52. The molecule has 2 nitrogen and oxygen atoms in total. The van der Waals surface area contributed by atoms with E-state index in [0.29, 0.717) is 0 Å². The average Bonchev–Trinajstić information content (AvgIpc) is 2.86. The maximum Gasteiger partial charge on any atom is 0.135 e. The molecular weight excluding hydrogens is 246 g/mol. The van der Waals surface area contributed by atoms with Gasteiger partial charge in [0.2, 0.25) is 0 Å².